The van der Waals surface area contributed by atoms with Gasteiger partial charge in [-0.05, 0) is 25.1 Å². The molecule has 1 aliphatic rings. The molecule has 1 aromatic heterocycles. The lowest BCUT2D eigenvalue weighted by molar-refractivity contribution is -0.108. The third kappa shape index (κ3) is 3.65. The van der Waals surface area contributed by atoms with Crippen molar-refractivity contribution in [2.75, 3.05) is 6.61 Å². The fraction of sp³-hybridized carbons (Fsp3) is 0.706. The number of aliphatic hydroxyl groups is 2. The number of hydrogen-bond acceptors (Lipinski definition) is 7. The number of aromatic amines is 1. The van der Waals surface area contributed by atoms with E-state index in [1.165, 1.54) is 6.92 Å². The number of hydrogen-bond donors (Lipinski definition) is 3. The molecule has 0 aromatic carbocycles. The highest BCUT2D eigenvalue weighted by molar-refractivity contribution is 6.74. The summed E-state index contributed by atoms with van der Waals surface area (Å²) in [7, 11) is -2.16. The van der Waals surface area contributed by atoms with E-state index in [-0.39, 0.29) is 17.2 Å². The third-order valence-electron chi connectivity index (χ3n) is 5.49. The number of nitrogens with one attached hydrogen (secondary N) is 1. The van der Waals surface area contributed by atoms with E-state index in [2.05, 4.69) is 25.8 Å². The van der Waals surface area contributed by atoms with Crippen LogP contribution in [0.15, 0.2) is 15.8 Å². The molecule has 0 saturated carbocycles. The van der Waals surface area contributed by atoms with E-state index < -0.39 is 43.6 Å². The van der Waals surface area contributed by atoms with Gasteiger partial charge in [0.1, 0.15) is 24.4 Å². The summed E-state index contributed by atoms with van der Waals surface area (Å²) in [6.07, 6.45) is -3.00. The Balaban J connectivity index is 2.37. The van der Waals surface area contributed by atoms with E-state index in [1.807, 2.05) is 13.1 Å². The molecule has 0 spiro atoms. The number of nitriles is 1. The monoisotopic (exact) mass is 397 g/mol. The third-order valence-corrected chi connectivity index (χ3v) is 9.99. The maximum Gasteiger partial charge on any atom is 0.331 e. The molecule has 9 nitrogen and oxygen atoms in total. The second kappa shape index (κ2) is 6.99. The molecule has 0 aliphatic carbocycles. The van der Waals surface area contributed by atoms with Crippen LogP contribution in [0.3, 0.4) is 0 Å². The van der Waals surface area contributed by atoms with E-state index in [9.17, 15) is 25.1 Å². The SMILES string of the molecule is Cc1cn([C@]2(C#N)O[C@H](CO[Si](C)(C)C(C)(C)C)[C@@H](O)[C@H]2O)c(=O)[nH]c1=O. The van der Waals surface area contributed by atoms with Gasteiger partial charge in [0.15, 0.2) is 8.32 Å². The van der Waals surface area contributed by atoms with Crippen molar-refractivity contribution in [1.82, 2.24) is 9.55 Å². The van der Waals surface area contributed by atoms with E-state index >= 15 is 0 Å². The fourth-order valence-electron chi connectivity index (χ4n) is 2.60. The van der Waals surface area contributed by atoms with Gasteiger partial charge in [0.25, 0.3) is 11.3 Å². The van der Waals surface area contributed by atoms with Crippen molar-refractivity contribution in [1.29, 1.82) is 5.26 Å². The van der Waals surface area contributed by atoms with Crippen molar-refractivity contribution >= 4 is 8.32 Å². The number of aromatic nitrogens is 2. The van der Waals surface area contributed by atoms with Crippen molar-refractivity contribution in [2.45, 2.75) is 69.9 Å². The molecule has 1 aromatic rings. The fourth-order valence-corrected chi connectivity index (χ4v) is 3.62. The summed E-state index contributed by atoms with van der Waals surface area (Å²) < 4.78 is 12.5. The number of rotatable bonds is 4. The second-order valence-corrected chi connectivity index (χ2v) is 13.2. The Labute approximate surface area is 158 Å². The van der Waals surface area contributed by atoms with Crippen LogP contribution in [0.2, 0.25) is 18.1 Å². The molecule has 2 rings (SSSR count). The lowest BCUT2D eigenvalue weighted by Crippen LogP contribution is -2.51. The first-order valence-electron chi connectivity index (χ1n) is 8.69. The van der Waals surface area contributed by atoms with Crippen LogP contribution >= 0.6 is 0 Å². The normalized spacial score (nSPS) is 28.9. The zero-order valence-electron chi connectivity index (χ0n) is 16.4. The van der Waals surface area contributed by atoms with Crippen LogP contribution in [-0.4, -0.2) is 53.0 Å². The Morgan fingerprint density at radius 2 is 2.00 bits per heavy atom. The largest absolute Gasteiger partial charge is 0.414 e. The van der Waals surface area contributed by atoms with Gasteiger partial charge in [-0.15, -0.1) is 0 Å². The smallest absolute Gasteiger partial charge is 0.331 e. The summed E-state index contributed by atoms with van der Waals surface area (Å²) in [5.74, 6) is 0. The minimum absolute atomic E-state index is 0.0325. The molecule has 150 valence electrons. The lowest BCUT2D eigenvalue weighted by Gasteiger charge is -2.37. The predicted octanol–water partition coefficient (Wildman–Crippen LogP) is 0.164. The van der Waals surface area contributed by atoms with Gasteiger partial charge in [0.2, 0.25) is 0 Å². The molecule has 1 fully saturated rings. The Kier molecular flexibility index (Phi) is 5.58. The summed E-state index contributed by atoms with van der Waals surface area (Å²) >= 11 is 0. The molecule has 3 N–H and O–H groups in total. The van der Waals surface area contributed by atoms with Crippen molar-refractivity contribution < 1.29 is 19.4 Å². The van der Waals surface area contributed by atoms with Gasteiger partial charge in [-0.3, -0.25) is 14.3 Å². The second-order valence-electron chi connectivity index (χ2n) is 8.41. The Morgan fingerprint density at radius 3 is 2.52 bits per heavy atom. The number of aliphatic hydroxyl groups excluding tert-OH is 2. The maximum atomic E-state index is 12.2. The van der Waals surface area contributed by atoms with Gasteiger partial charge >= 0.3 is 5.69 Å². The van der Waals surface area contributed by atoms with Crippen LogP contribution in [-0.2, 0) is 14.9 Å². The van der Waals surface area contributed by atoms with Gasteiger partial charge in [-0.2, -0.15) is 5.26 Å². The number of nitrogens with zero attached hydrogens (tertiary/aromatic N) is 2. The first-order valence-corrected chi connectivity index (χ1v) is 11.6. The number of H-pyrrole nitrogens is 1. The van der Waals surface area contributed by atoms with Crippen molar-refractivity contribution in [3.05, 3.63) is 32.6 Å². The van der Waals surface area contributed by atoms with Gasteiger partial charge in [-0.25, -0.2) is 4.79 Å². The van der Waals surface area contributed by atoms with Gasteiger partial charge in [0.05, 0.1) is 6.61 Å². The highest BCUT2D eigenvalue weighted by atomic mass is 28.4. The molecule has 0 amide bonds. The van der Waals surface area contributed by atoms with Crippen molar-refractivity contribution in [3.63, 3.8) is 0 Å². The Morgan fingerprint density at radius 1 is 1.41 bits per heavy atom. The van der Waals surface area contributed by atoms with E-state index in [4.69, 9.17) is 9.16 Å². The average molecular weight is 398 g/mol. The van der Waals surface area contributed by atoms with Crippen LogP contribution in [0.5, 0.6) is 0 Å². The van der Waals surface area contributed by atoms with Crippen LogP contribution < -0.4 is 11.2 Å². The molecule has 10 heteroatoms. The quantitative estimate of drug-likeness (QED) is 0.616. The standard InChI is InChI=1S/C17H27N3O6Si/c1-10-7-20(15(24)19-14(10)23)17(9-18)13(22)12(21)11(26-17)8-25-27(5,6)16(2,3)4/h7,11-13,21-22H,8H2,1-6H3,(H,19,23,24)/t11-,12-,13-,17-/m1/s1. The molecular weight excluding hydrogens is 370 g/mol. The first kappa shape index (κ1) is 21.5. The van der Waals surface area contributed by atoms with Gasteiger partial charge in [0, 0.05) is 11.8 Å². The molecule has 0 unspecified atom stereocenters. The molecule has 1 aliphatic heterocycles. The number of ether oxygens (including phenoxy) is 1. The predicted molar refractivity (Wildman–Crippen MR) is 99.7 cm³/mol. The average Bonchev–Trinajstić information content (AvgIpc) is 2.80. The first-order chi connectivity index (χ1) is 12.3. The van der Waals surface area contributed by atoms with Gasteiger partial charge < -0.3 is 19.4 Å². The van der Waals surface area contributed by atoms with E-state index in [1.54, 1.807) is 6.07 Å². The van der Waals surface area contributed by atoms with Crippen molar-refractivity contribution in [3.8, 4) is 6.07 Å². The number of aryl methyl sites for hydroxylation is 1. The summed E-state index contributed by atoms with van der Waals surface area (Å²) in [5.41, 5.74) is -3.51. The molecule has 27 heavy (non-hydrogen) atoms. The van der Waals surface area contributed by atoms with E-state index in [0.717, 1.165) is 10.8 Å². The topological polar surface area (TPSA) is 138 Å². The minimum atomic E-state index is -2.16. The highest BCUT2D eigenvalue weighted by Crippen LogP contribution is 2.39. The summed E-state index contributed by atoms with van der Waals surface area (Å²) in [6.45, 7) is 11.6. The summed E-state index contributed by atoms with van der Waals surface area (Å²) in [5, 5.41) is 30.5. The van der Waals surface area contributed by atoms with Crippen LogP contribution in [0.25, 0.3) is 0 Å². The van der Waals surface area contributed by atoms with Crippen LogP contribution in [0.4, 0.5) is 0 Å². The summed E-state index contributed by atoms with van der Waals surface area (Å²) in [4.78, 5) is 25.9. The highest BCUT2D eigenvalue weighted by Gasteiger charge is 2.57. The zero-order valence-corrected chi connectivity index (χ0v) is 17.4. The Hall–Kier alpha value is -1.77. The maximum absolute atomic E-state index is 12.2. The van der Waals surface area contributed by atoms with Crippen LogP contribution in [0, 0.1) is 18.3 Å². The molecule has 0 bridgehead atoms. The lowest BCUT2D eigenvalue weighted by atomic mass is 10.0. The zero-order chi connectivity index (χ0) is 20.8. The molecular formula is C17H27N3O6Si. The van der Waals surface area contributed by atoms with E-state index in [0.29, 0.717) is 0 Å². The van der Waals surface area contributed by atoms with Crippen LogP contribution in [0.1, 0.15) is 26.3 Å². The molecule has 1 saturated heterocycles. The minimum Gasteiger partial charge on any atom is -0.414 e. The molecule has 2 heterocycles. The van der Waals surface area contributed by atoms with Crippen molar-refractivity contribution in [2.24, 2.45) is 0 Å². The molecule has 0 radical (unpaired) electrons. The summed E-state index contributed by atoms with van der Waals surface area (Å²) in [6, 6.07) is 1.78. The Bertz CT molecular complexity index is 865. The molecule has 4 atom stereocenters. The van der Waals surface area contributed by atoms with Gasteiger partial charge in [-0.1, -0.05) is 20.8 Å².